The van der Waals surface area contributed by atoms with Gasteiger partial charge in [-0.05, 0) is 93.4 Å². The number of likely N-dealkylation sites (tertiary alicyclic amines) is 1. The van der Waals surface area contributed by atoms with Crippen molar-refractivity contribution in [2.45, 2.75) is 43.9 Å². The molecule has 1 fully saturated rings. The van der Waals surface area contributed by atoms with Gasteiger partial charge in [-0.15, -0.1) is 11.8 Å². The van der Waals surface area contributed by atoms with Crippen LogP contribution < -0.4 is 4.74 Å². The highest BCUT2D eigenvalue weighted by molar-refractivity contribution is 7.99. The molecule has 6 heteroatoms. The lowest BCUT2D eigenvalue weighted by molar-refractivity contribution is 0.0378. The highest BCUT2D eigenvalue weighted by Crippen LogP contribution is 2.37. The molecule has 0 radical (unpaired) electrons. The van der Waals surface area contributed by atoms with Crippen LogP contribution in [-0.2, 0) is 6.42 Å². The van der Waals surface area contributed by atoms with E-state index in [4.69, 9.17) is 16.3 Å². The number of aryl methyl sites for hydroxylation is 2. The standard InChI is InChI=1S/C28H35ClN2O2S/c1-21-5-8-23(9-6-21)34-17-16-31-14-12-28(20-32,13-15-31)11-3-4-24-25-18-22(33-2)7-10-27(25)30-19-26(24)29/h5-10,18-19,32H,3-4,11-17,20H2,1-2H3. The molecule has 0 saturated carbocycles. The molecule has 1 aromatic heterocycles. The van der Waals surface area contributed by atoms with E-state index in [1.165, 1.54) is 10.5 Å². The Kier molecular flexibility index (Phi) is 8.75. The van der Waals surface area contributed by atoms with E-state index in [0.29, 0.717) is 5.02 Å². The number of pyridine rings is 1. The molecule has 0 amide bonds. The van der Waals surface area contributed by atoms with Crippen molar-refractivity contribution in [3.05, 3.63) is 64.8 Å². The summed E-state index contributed by atoms with van der Waals surface area (Å²) in [6, 6.07) is 14.7. The molecule has 1 aliphatic heterocycles. The van der Waals surface area contributed by atoms with Crippen molar-refractivity contribution in [1.29, 1.82) is 0 Å². The van der Waals surface area contributed by atoms with Gasteiger partial charge < -0.3 is 14.7 Å². The van der Waals surface area contributed by atoms with Gasteiger partial charge in [-0.25, -0.2) is 0 Å². The van der Waals surface area contributed by atoms with Crippen LogP contribution in [0.3, 0.4) is 0 Å². The number of hydrogen-bond acceptors (Lipinski definition) is 5. The molecule has 4 nitrogen and oxygen atoms in total. The first kappa shape index (κ1) is 25.3. The quantitative estimate of drug-likeness (QED) is 0.328. The first-order valence-corrected chi connectivity index (χ1v) is 13.5. The van der Waals surface area contributed by atoms with Crippen LogP contribution in [0.4, 0.5) is 0 Å². The fourth-order valence-electron chi connectivity index (χ4n) is 4.89. The molecule has 0 unspecified atom stereocenters. The molecule has 2 heterocycles. The minimum atomic E-state index is 0.0214. The summed E-state index contributed by atoms with van der Waals surface area (Å²) in [4.78, 5) is 8.36. The van der Waals surface area contributed by atoms with Crippen LogP contribution in [0.25, 0.3) is 10.9 Å². The lowest BCUT2D eigenvalue weighted by Gasteiger charge is -2.41. The van der Waals surface area contributed by atoms with Gasteiger partial charge in [0.2, 0.25) is 0 Å². The van der Waals surface area contributed by atoms with E-state index in [-0.39, 0.29) is 12.0 Å². The molecule has 1 N–H and O–H groups in total. The predicted octanol–water partition coefficient (Wildman–Crippen LogP) is 6.39. The van der Waals surface area contributed by atoms with Gasteiger partial charge in [0.15, 0.2) is 0 Å². The Balaban J connectivity index is 1.28. The number of aliphatic hydroxyl groups excluding tert-OH is 1. The number of methoxy groups -OCH3 is 1. The number of piperidine rings is 1. The van der Waals surface area contributed by atoms with Crippen molar-refractivity contribution < 1.29 is 9.84 Å². The Hall–Kier alpha value is -1.79. The van der Waals surface area contributed by atoms with E-state index in [0.717, 1.165) is 79.7 Å². The molecule has 0 atom stereocenters. The second kappa shape index (κ2) is 11.8. The third-order valence-electron chi connectivity index (χ3n) is 7.22. The molecule has 3 aromatic rings. The average Bonchev–Trinajstić information content (AvgIpc) is 2.87. The highest BCUT2D eigenvalue weighted by atomic mass is 35.5. The maximum atomic E-state index is 10.3. The number of benzene rings is 2. The number of fused-ring (bicyclic) bond motifs is 1. The maximum absolute atomic E-state index is 10.3. The summed E-state index contributed by atoms with van der Waals surface area (Å²) < 4.78 is 5.41. The van der Waals surface area contributed by atoms with Gasteiger partial charge in [0.1, 0.15) is 5.75 Å². The van der Waals surface area contributed by atoms with E-state index in [2.05, 4.69) is 41.1 Å². The summed E-state index contributed by atoms with van der Waals surface area (Å²) in [5.74, 6) is 1.92. The number of aromatic nitrogens is 1. The fourth-order valence-corrected chi connectivity index (χ4v) is 6.05. The van der Waals surface area contributed by atoms with Crippen LogP contribution >= 0.6 is 23.4 Å². The Labute approximate surface area is 212 Å². The second-order valence-electron chi connectivity index (χ2n) is 9.48. The maximum Gasteiger partial charge on any atom is 0.119 e. The molecule has 0 aliphatic carbocycles. The van der Waals surface area contributed by atoms with E-state index >= 15 is 0 Å². The average molecular weight is 499 g/mol. The van der Waals surface area contributed by atoms with Gasteiger partial charge in [-0.1, -0.05) is 29.3 Å². The number of aliphatic hydroxyl groups is 1. The minimum Gasteiger partial charge on any atom is -0.497 e. The third-order valence-corrected chi connectivity index (χ3v) is 8.54. The van der Waals surface area contributed by atoms with Crippen LogP contribution in [0.5, 0.6) is 5.75 Å². The fraction of sp³-hybridized carbons (Fsp3) is 0.464. The summed E-state index contributed by atoms with van der Waals surface area (Å²) in [6.45, 7) is 5.61. The Morgan fingerprint density at radius 3 is 2.62 bits per heavy atom. The summed E-state index contributed by atoms with van der Waals surface area (Å²) in [7, 11) is 1.68. The van der Waals surface area contributed by atoms with Crippen LogP contribution in [0, 0.1) is 12.3 Å². The molecule has 182 valence electrons. The summed E-state index contributed by atoms with van der Waals surface area (Å²) >= 11 is 8.47. The SMILES string of the molecule is COc1ccc2ncc(Cl)c(CCCC3(CO)CCN(CCSc4ccc(C)cc4)CC3)c2c1. The molecule has 2 aromatic carbocycles. The lowest BCUT2D eigenvalue weighted by atomic mass is 9.75. The van der Waals surface area contributed by atoms with E-state index < -0.39 is 0 Å². The zero-order valence-electron chi connectivity index (χ0n) is 20.2. The zero-order chi connectivity index (χ0) is 24.0. The van der Waals surface area contributed by atoms with E-state index in [1.54, 1.807) is 13.3 Å². The van der Waals surface area contributed by atoms with Gasteiger partial charge in [-0.2, -0.15) is 0 Å². The van der Waals surface area contributed by atoms with Crippen molar-refractivity contribution in [3.63, 3.8) is 0 Å². The lowest BCUT2D eigenvalue weighted by Crippen LogP contribution is -2.42. The molecule has 0 spiro atoms. The summed E-state index contributed by atoms with van der Waals surface area (Å²) in [5, 5.41) is 12.1. The zero-order valence-corrected chi connectivity index (χ0v) is 21.8. The number of nitrogens with zero attached hydrogens (tertiary/aromatic N) is 2. The first-order valence-electron chi connectivity index (χ1n) is 12.2. The largest absolute Gasteiger partial charge is 0.497 e. The van der Waals surface area contributed by atoms with Crippen LogP contribution in [0.2, 0.25) is 5.02 Å². The number of hydrogen-bond donors (Lipinski definition) is 1. The highest BCUT2D eigenvalue weighted by Gasteiger charge is 2.33. The third kappa shape index (κ3) is 6.25. The topological polar surface area (TPSA) is 45.6 Å². The predicted molar refractivity (Wildman–Crippen MR) is 143 cm³/mol. The number of rotatable bonds is 10. The molecular formula is C28H35ClN2O2S. The monoisotopic (exact) mass is 498 g/mol. The van der Waals surface area contributed by atoms with Gasteiger partial charge >= 0.3 is 0 Å². The normalized spacial score (nSPS) is 16.1. The van der Waals surface area contributed by atoms with Crippen molar-refractivity contribution in [3.8, 4) is 5.75 Å². The van der Waals surface area contributed by atoms with Gasteiger partial charge in [-0.3, -0.25) is 4.98 Å². The Bertz CT molecular complexity index is 1080. The molecule has 1 saturated heterocycles. The van der Waals surface area contributed by atoms with Gasteiger partial charge in [0.25, 0.3) is 0 Å². The summed E-state index contributed by atoms with van der Waals surface area (Å²) in [6.07, 6.45) is 6.75. The van der Waals surface area contributed by atoms with Crippen LogP contribution in [0.15, 0.2) is 53.6 Å². The Morgan fingerprint density at radius 1 is 1.15 bits per heavy atom. The smallest absolute Gasteiger partial charge is 0.119 e. The van der Waals surface area contributed by atoms with Crippen LogP contribution in [0.1, 0.15) is 36.8 Å². The number of ether oxygens (including phenoxy) is 1. The molecule has 0 bridgehead atoms. The minimum absolute atomic E-state index is 0.0214. The Morgan fingerprint density at radius 2 is 1.91 bits per heavy atom. The number of thioether (sulfide) groups is 1. The van der Waals surface area contributed by atoms with E-state index in [1.807, 2.05) is 30.0 Å². The molecule has 1 aliphatic rings. The summed E-state index contributed by atoms with van der Waals surface area (Å²) in [5.41, 5.74) is 3.39. The van der Waals surface area contributed by atoms with Crippen molar-refractivity contribution >= 4 is 34.3 Å². The number of halogens is 1. The van der Waals surface area contributed by atoms with Gasteiger partial charge in [0, 0.05) is 35.4 Å². The van der Waals surface area contributed by atoms with Crippen molar-refractivity contribution in [2.24, 2.45) is 5.41 Å². The van der Waals surface area contributed by atoms with E-state index in [9.17, 15) is 5.11 Å². The van der Waals surface area contributed by atoms with Crippen molar-refractivity contribution in [2.75, 3.05) is 39.1 Å². The first-order chi connectivity index (χ1) is 16.5. The van der Waals surface area contributed by atoms with Crippen molar-refractivity contribution in [1.82, 2.24) is 9.88 Å². The molecular weight excluding hydrogens is 464 g/mol. The van der Waals surface area contributed by atoms with Gasteiger partial charge in [0.05, 0.1) is 17.6 Å². The molecule has 4 rings (SSSR count). The molecule has 34 heavy (non-hydrogen) atoms. The second-order valence-corrected chi connectivity index (χ2v) is 11.1. The van der Waals surface area contributed by atoms with Crippen LogP contribution in [-0.4, -0.2) is 54.1 Å².